The van der Waals surface area contributed by atoms with E-state index in [0.29, 0.717) is 18.8 Å². The molecule has 0 spiro atoms. The van der Waals surface area contributed by atoms with Gasteiger partial charge in [0.25, 0.3) is 0 Å². The second kappa shape index (κ2) is 8.21. The van der Waals surface area contributed by atoms with Gasteiger partial charge in [-0.1, -0.05) is 38.1 Å². The molecule has 1 aliphatic rings. The first-order valence-electron chi connectivity index (χ1n) is 9.29. The molecule has 26 heavy (non-hydrogen) atoms. The van der Waals surface area contributed by atoms with E-state index in [-0.39, 0.29) is 11.8 Å². The molecule has 3 rings (SSSR count). The van der Waals surface area contributed by atoms with Gasteiger partial charge in [-0.2, -0.15) is 0 Å². The van der Waals surface area contributed by atoms with Gasteiger partial charge in [-0.15, -0.1) is 0 Å². The van der Waals surface area contributed by atoms with Crippen molar-refractivity contribution in [2.45, 2.75) is 26.7 Å². The number of nitrogens with zero attached hydrogens (tertiary/aromatic N) is 2. The molecule has 0 aliphatic carbocycles. The molecular weight excluding hydrogens is 329 g/mol. The molecule has 5 heteroatoms. The molecule has 2 aromatic carbocycles. The van der Waals surface area contributed by atoms with Crippen molar-refractivity contribution in [2.24, 2.45) is 0 Å². The van der Waals surface area contributed by atoms with Gasteiger partial charge >= 0.3 is 6.03 Å². The van der Waals surface area contributed by atoms with Crippen LogP contribution in [0, 0.1) is 5.82 Å². The number of carbonyl (C=O) groups excluding carboxylic acids is 1. The monoisotopic (exact) mass is 355 g/mol. The zero-order chi connectivity index (χ0) is 18.5. The van der Waals surface area contributed by atoms with E-state index in [2.05, 4.69) is 42.3 Å². The van der Waals surface area contributed by atoms with Crippen LogP contribution in [0.4, 0.5) is 20.6 Å². The Morgan fingerprint density at radius 1 is 1.00 bits per heavy atom. The van der Waals surface area contributed by atoms with Crippen LogP contribution in [0.25, 0.3) is 0 Å². The Bertz CT molecular complexity index is 747. The summed E-state index contributed by atoms with van der Waals surface area (Å²) < 4.78 is 13.3. The number of hydrogen-bond acceptors (Lipinski definition) is 2. The summed E-state index contributed by atoms with van der Waals surface area (Å²) in [6.45, 7) is 7.29. The maximum Gasteiger partial charge on any atom is 0.321 e. The van der Waals surface area contributed by atoms with Gasteiger partial charge in [0, 0.05) is 37.6 Å². The summed E-state index contributed by atoms with van der Waals surface area (Å²) in [4.78, 5) is 16.6. The standard InChI is InChI=1S/C21H26FN3O/c1-3-16-7-5-8-17(4-2)20(16)24-11-13-25(14-12-24)21(26)23-19-10-6-9-18(22)15-19/h5-10,15H,3-4,11-14H2,1-2H3,(H,23,26). The van der Waals surface area contributed by atoms with Crippen LogP contribution in [0.15, 0.2) is 42.5 Å². The lowest BCUT2D eigenvalue weighted by atomic mass is 10.0. The van der Waals surface area contributed by atoms with Gasteiger partial charge in [0.05, 0.1) is 0 Å². The highest BCUT2D eigenvalue weighted by Crippen LogP contribution is 2.28. The first-order chi connectivity index (χ1) is 12.6. The molecule has 1 fully saturated rings. The minimum absolute atomic E-state index is 0.172. The summed E-state index contributed by atoms with van der Waals surface area (Å²) in [7, 11) is 0. The van der Waals surface area contributed by atoms with Crippen molar-refractivity contribution in [3.8, 4) is 0 Å². The van der Waals surface area contributed by atoms with Gasteiger partial charge in [-0.25, -0.2) is 9.18 Å². The first-order valence-corrected chi connectivity index (χ1v) is 9.29. The second-order valence-electron chi connectivity index (χ2n) is 6.55. The minimum atomic E-state index is -0.351. The van der Waals surface area contributed by atoms with E-state index < -0.39 is 0 Å². The Kier molecular flexibility index (Phi) is 5.76. The average Bonchev–Trinajstić information content (AvgIpc) is 2.67. The predicted molar refractivity (Wildman–Crippen MR) is 104 cm³/mol. The Labute approximate surface area is 154 Å². The zero-order valence-corrected chi connectivity index (χ0v) is 15.5. The Morgan fingerprint density at radius 3 is 2.19 bits per heavy atom. The van der Waals surface area contributed by atoms with Crippen LogP contribution in [0.3, 0.4) is 0 Å². The fourth-order valence-electron chi connectivity index (χ4n) is 3.52. The summed E-state index contributed by atoms with van der Waals surface area (Å²) in [5, 5.41) is 2.78. The molecule has 0 saturated carbocycles. The maximum absolute atomic E-state index is 13.3. The molecule has 1 N–H and O–H groups in total. The summed E-state index contributed by atoms with van der Waals surface area (Å²) in [5.41, 5.74) is 4.55. The number of para-hydroxylation sites is 1. The summed E-state index contributed by atoms with van der Waals surface area (Å²) in [5.74, 6) is -0.351. The third-order valence-corrected chi connectivity index (χ3v) is 4.92. The zero-order valence-electron chi connectivity index (χ0n) is 15.5. The van der Waals surface area contributed by atoms with Crippen molar-refractivity contribution in [2.75, 3.05) is 36.4 Å². The van der Waals surface area contributed by atoms with E-state index in [9.17, 15) is 9.18 Å². The molecule has 1 heterocycles. The largest absolute Gasteiger partial charge is 0.368 e. The number of carbonyl (C=O) groups is 1. The van der Waals surface area contributed by atoms with Crippen LogP contribution < -0.4 is 10.2 Å². The van der Waals surface area contributed by atoms with E-state index in [1.807, 2.05) is 0 Å². The lowest BCUT2D eigenvalue weighted by Gasteiger charge is -2.38. The molecule has 0 radical (unpaired) electrons. The number of rotatable bonds is 4. The van der Waals surface area contributed by atoms with Gasteiger partial charge < -0.3 is 15.1 Å². The molecule has 0 unspecified atom stereocenters. The van der Waals surface area contributed by atoms with E-state index in [1.165, 1.54) is 28.9 Å². The number of benzene rings is 2. The fraction of sp³-hybridized carbons (Fsp3) is 0.381. The predicted octanol–water partition coefficient (Wildman–Crippen LogP) is 4.30. The van der Waals surface area contributed by atoms with Crippen molar-refractivity contribution >= 4 is 17.4 Å². The van der Waals surface area contributed by atoms with Crippen LogP contribution in [-0.4, -0.2) is 37.1 Å². The second-order valence-corrected chi connectivity index (χ2v) is 6.55. The molecule has 1 aliphatic heterocycles. The van der Waals surface area contributed by atoms with Gasteiger partial charge in [0.2, 0.25) is 0 Å². The summed E-state index contributed by atoms with van der Waals surface area (Å²) in [6.07, 6.45) is 2.01. The maximum atomic E-state index is 13.3. The third-order valence-electron chi connectivity index (χ3n) is 4.92. The fourth-order valence-corrected chi connectivity index (χ4v) is 3.52. The highest BCUT2D eigenvalue weighted by atomic mass is 19.1. The third kappa shape index (κ3) is 3.98. The number of amides is 2. The van der Waals surface area contributed by atoms with Crippen LogP contribution in [-0.2, 0) is 12.8 Å². The lowest BCUT2D eigenvalue weighted by Crippen LogP contribution is -2.50. The van der Waals surface area contributed by atoms with Gasteiger partial charge in [-0.05, 0) is 42.2 Å². The number of nitrogens with one attached hydrogen (secondary N) is 1. The minimum Gasteiger partial charge on any atom is -0.368 e. The topological polar surface area (TPSA) is 35.6 Å². The van der Waals surface area contributed by atoms with Crippen molar-refractivity contribution in [3.63, 3.8) is 0 Å². The number of halogens is 1. The highest BCUT2D eigenvalue weighted by molar-refractivity contribution is 5.89. The molecule has 138 valence electrons. The van der Waals surface area contributed by atoms with Crippen molar-refractivity contribution in [3.05, 3.63) is 59.4 Å². The number of piperazine rings is 1. The first kappa shape index (κ1) is 18.2. The molecule has 0 bridgehead atoms. The smallest absolute Gasteiger partial charge is 0.321 e. The van der Waals surface area contributed by atoms with Crippen LogP contribution in [0.1, 0.15) is 25.0 Å². The number of hydrogen-bond donors (Lipinski definition) is 1. The normalized spacial score (nSPS) is 14.4. The molecule has 1 saturated heterocycles. The average molecular weight is 355 g/mol. The molecule has 0 atom stereocenters. The van der Waals surface area contributed by atoms with Gasteiger partial charge in [0.15, 0.2) is 0 Å². The summed E-state index contributed by atoms with van der Waals surface area (Å²) >= 11 is 0. The quantitative estimate of drug-likeness (QED) is 0.887. The summed E-state index contributed by atoms with van der Waals surface area (Å²) in [6, 6.07) is 12.3. The van der Waals surface area contributed by atoms with Crippen LogP contribution in [0.2, 0.25) is 0 Å². The molecule has 4 nitrogen and oxygen atoms in total. The molecule has 0 aromatic heterocycles. The highest BCUT2D eigenvalue weighted by Gasteiger charge is 2.23. The van der Waals surface area contributed by atoms with Crippen molar-refractivity contribution < 1.29 is 9.18 Å². The van der Waals surface area contributed by atoms with E-state index in [0.717, 1.165) is 25.9 Å². The molecule has 2 aromatic rings. The Hall–Kier alpha value is -2.56. The SMILES string of the molecule is CCc1cccc(CC)c1N1CCN(C(=O)Nc2cccc(F)c2)CC1. The molecule has 2 amide bonds. The lowest BCUT2D eigenvalue weighted by molar-refractivity contribution is 0.208. The number of urea groups is 1. The van der Waals surface area contributed by atoms with Gasteiger partial charge in [0.1, 0.15) is 5.82 Å². The van der Waals surface area contributed by atoms with E-state index >= 15 is 0 Å². The Morgan fingerprint density at radius 2 is 1.62 bits per heavy atom. The van der Waals surface area contributed by atoms with Crippen molar-refractivity contribution in [1.29, 1.82) is 0 Å². The van der Waals surface area contributed by atoms with E-state index in [1.54, 1.807) is 17.0 Å². The molecular formula is C21H26FN3O. The van der Waals surface area contributed by atoms with Crippen LogP contribution >= 0.6 is 0 Å². The van der Waals surface area contributed by atoms with Crippen LogP contribution in [0.5, 0.6) is 0 Å². The van der Waals surface area contributed by atoms with Gasteiger partial charge in [-0.3, -0.25) is 0 Å². The number of aryl methyl sites for hydroxylation is 2. The van der Waals surface area contributed by atoms with E-state index in [4.69, 9.17) is 0 Å². The Balaban J connectivity index is 1.65. The van der Waals surface area contributed by atoms with Crippen molar-refractivity contribution in [1.82, 2.24) is 4.90 Å². The number of anilines is 2.